The van der Waals surface area contributed by atoms with E-state index in [0.717, 1.165) is 33.9 Å². The Hall–Kier alpha value is -2.62. The zero-order valence-electron chi connectivity index (χ0n) is 13.5. The molecule has 0 atom stereocenters. The molecule has 2 rings (SSSR count). The first-order valence-corrected chi connectivity index (χ1v) is 7.20. The summed E-state index contributed by atoms with van der Waals surface area (Å²) in [6, 6.07) is 11.7. The summed E-state index contributed by atoms with van der Waals surface area (Å²) in [7, 11) is 0. The SMILES string of the molecule is CC(C)=Nc1ccc(-c2ccc(N)c(N)c2)cc1N=C(C)C. The van der Waals surface area contributed by atoms with Gasteiger partial charge in [-0.25, -0.2) is 0 Å². The van der Waals surface area contributed by atoms with E-state index in [1.807, 2.05) is 64.1 Å². The standard InChI is InChI=1S/C18H22N4/c1-11(2)21-17-8-6-14(10-18(17)22-12(3)4)13-5-7-15(19)16(20)9-13/h5-10H,19-20H2,1-4H3. The molecule has 0 heterocycles. The highest BCUT2D eigenvalue weighted by molar-refractivity contribution is 5.89. The van der Waals surface area contributed by atoms with Gasteiger partial charge in [-0.3, -0.25) is 9.98 Å². The van der Waals surface area contributed by atoms with E-state index in [9.17, 15) is 0 Å². The van der Waals surface area contributed by atoms with Crippen molar-refractivity contribution in [2.45, 2.75) is 27.7 Å². The molecular formula is C18H22N4. The van der Waals surface area contributed by atoms with Crippen LogP contribution in [0.1, 0.15) is 27.7 Å². The third kappa shape index (κ3) is 3.73. The Labute approximate surface area is 131 Å². The summed E-state index contributed by atoms with van der Waals surface area (Å²) in [5.41, 5.74) is 18.6. The second-order valence-corrected chi connectivity index (χ2v) is 5.67. The normalized spacial score (nSPS) is 10.2. The van der Waals surface area contributed by atoms with E-state index in [4.69, 9.17) is 11.5 Å². The van der Waals surface area contributed by atoms with Crippen molar-refractivity contribution >= 4 is 34.2 Å². The van der Waals surface area contributed by atoms with Gasteiger partial charge >= 0.3 is 0 Å². The fourth-order valence-electron chi connectivity index (χ4n) is 2.12. The van der Waals surface area contributed by atoms with Gasteiger partial charge < -0.3 is 11.5 Å². The highest BCUT2D eigenvalue weighted by Crippen LogP contribution is 2.34. The number of benzene rings is 2. The van der Waals surface area contributed by atoms with E-state index in [-0.39, 0.29) is 0 Å². The molecule has 0 saturated heterocycles. The van der Waals surface area contributed by atoms with Crippen LogP contribution in [0.3, 0.4) is 0 Å². The molecule has 0 amide bonds. The maximum absolute atomic E-state index is 5.90. The second-order valence-electron chi connectivity index (χ2n) is 5.67. The minimum atomic E-state index is 0.584. The molecule has 0 saturated carbocycles. The van der Waals surface area contributed by atoms with Crippen molar-refractivity contribution in [3.8, 4) is 11.1 Å². The first-order valence-electron chi connectivity index (χ1n) is 7.20. The van der Waals surface area contributed by atoms with Crippen LogP contribution < -0.4 is 11.5 Å². The molecule has 0 fully saturated rings. The quantitative estimate of drug-likeness (QED) is 0.633. The monoisotopic (exact) mass is 294 g/mol. The van der Waals surface area contributed by atoms with Crippen molar-refractivity contribution in [1.82, 2.24) is 0 Å². The topological polar surface area (TPSA) is 76.8 Å². The highest BCUT2D eigenvalue weighted by Gasteiger charge is 2.06. The van der Waals surface area contributed by atoms with Crippen LogP contribution in [0.5, 0.6) is 0 Å². The van der Waals surface area contributed by atoms with E-state index in [2.05, 4.69) is 9.98 Å². The van der Waals surface area contributed by atoms with Crippen molar-refractivity contribution in [3.05, 3.63) is 36.4 Å². The van der Waals surface area contributed by atoms with Crippen LogP contribution in [0.4, 0.5) is 22.7 Å². The molecule has 0 radical (unpaired) electrons. The lowest BCUT2D eigenvalue weighted by Gasteiger charge is -2.09. The number of anilines is 2. The van der Waals surface area contributed by atoms with Gasteiger partial charge in [0.2, 0.25) is 0 Å². The zero-order chi connectivity index (χ0) is 16.3. The number of hydrogen-bond donors (Lipinski definition) is 2. The molecule has 4 heteroatoms. The van der Waals surface area contributed by atoms with Gasteiger partial charge in [0, 0.05) is 11.4 Å². The molecule has 114 valence electrons. The van der Waals surface area contributed by atoms with Gasteiger partial charge in [-0.1, -0.05) is 12.1 Å². The Morgan fingerprint density at radius 2 is 1.23 bits per heavy atom. The molecule has 22 heavy (non-hydrogen) atoms. The summed E-state index contributed by atoms with van der Waals surface area (Å²) in [5, 5.41) is 0. The van der Waals surface area contributed by atoms with Crippen LogP contribution in [-0.4, -0.2) is 11.4 Å². The Kier molecular flexibility index (Phi) is 4.61. The van der Waals surface area contributed by atoms with Crippen LogP contribution in [0, 0.1) is 0 Å². The number of nitrogen functional groups attached to an aromatic ring is 2. The first kappa shape index (κ1) is 15.8. The van der Waals surface area contributed by atoms with Gasteiger partial charge in [0.05, 0.1) is 22.7 Å². The van der Waals surface area contributed by atoms with Crippen molar-refractivity contribution in [3.63, 3.8) is 0 Å². The molecule has 0 bridgehead atoms. The summed E-state index contributed by atoms with van der Waals surface area (Å²) in [6.45, 7) is 7.89. The Bertz CT molecular complexity index is 750. The molecular weight excluding hydrogens is 272 g/mol. The Balaban J connectivity index is 2.57. The van der Waals surface area contributed by atoms with Crippen molar-refractivity contribution in [1.29, 1.82) is 0 Å². The van der Waals surface area contributed by atoms with Crippen molar-refractivity contribution in [2.24, 2.45) is 9.98 Å². The van der Waals surface area contributed by atoms with Crippen LogP contribution in [0.15, 0.2) is 46.4 Å². The smallest absolute Gasteiger partial charge is 0.0891 e. The molecule has 0 spiro atoms. The minimum absolute atomic E-state index is 0.584. The second kappa shape index (κ2) is 6.43. The largest absolute Gasteiger partial charge is 0.397 e. The molecule has 4 nitrogen and oxygen atoms in total. The molecule has 0 aliphatic heterocycles. The Morgan fingerprint density at radius 3 is 1.82 bits per heavy atom. The van der Waals surface area contributed by atoms with Crippen LogP contribution in [0.25, 0.3) is 11.1 Å². The van der Waals surface area contributed by atoms with Gasteiger partial charge in [-0.2, -0.15) is 0 Å². The van der Waals surface area contributed by atoms with E-state index in [0.29, 0.717) is 11.4 Å². The lowest BCUT2D eigenvalue weighted by Crippen LogP contribution is -1.94. The number of hydrogen-bond acceptors (Lipinski definition) is 4. The Morgan fingerprint density at radius 1 is 0.682 bits per heavy atom. The van der Waals surface area contributed by atoms with Gasteiger partial charge in [0.15, 0.2) is 0 Å². The molecule has 2 aromatic carbocycles. The lowest BCUT2D eigenvalue weighted by molar-refractivity contribution is 1.41. The predicted molar refractivity (Wildman–Crippen MR) is 97.6 cm³/mol. The maximum Gasteiger partial charge on any atom is 0.0891 e. The third-order valence-corrected chi connectivity index (χ3v) is 3.08. The van der Waals surface area contributed by atoms with Crippen LogP contribution in [-0.2, 0) is 0 Å². The van der Waals surface area contributed by atoms with E-state index in [1.165, 1.54) is 0 Å². The number of nitrogens with two attached hydrogens (primary N) is 2. The molecule has 0 unspecified atom stereocenters. The summed E-state index contributed by atoms with van der Waals surface area (Å²) >= 11 is 0. The lowest BCUT2D eigenvalue weighted by atomic mass is 10.0. The molecule has 2 aromatic rings. The van der Waals surface area contributed by atoms with Gasteiger partial charge in [0.25, 0.3) is 0 Å². The van der Waals surface area contributed by atoms with Gasteiger partial charge in [-0.15, -0.1) is 0 Å². The zero-order valence-corrected chi connectivity index (χ0v) is 13.5. The molecule has 4 N–H and O–H groups in total. The molecule has 0 aromatic heterocycles. The van der Waals surface area contributed by atoms with E-state index in [1.54, 1.807) is 0 Å². The van der Waals surface area contributed by atoms with Crippen molar-refractivity contribution in [2.75, 3.05) is 11.5 Å². The van der Waals surface area contributed by atoms with Gasteiger partial charge in [0.1, 0.15) is 0 Å². The highest BCUT2D eigenvalue weighted by atomic mass is 14.8. The summed E-state index contributed by atoms with van der Waals surface area (Å²) in [4.78, 5) is 9.14. The number of aliphatic imine (C=N–C) groups is 2. The summed E-state index contributed by atoms with van der Waals surface area (Å²) in [5.74, 6) is 0. The summed E-state index contributed by atoms with van der Waals surface area (Å²) in [6.07, 6.45) is 0. The third-order valence-electron chi connectivity index (χ3n) is 3.08. The fourth-order valence-corrected chi connectivity index (χ4v) is 2.12. The summed E-state index contributed by atoms with van der Waals surface area (Å²) < 4.78 is 0. The first-order chi connectivity index (χ1) is 10.4. The number of nitrogens with zero attached hydrogens (tertiary/aromatic N) is 2. The molecule has 0 aliphatic rings. The molecule has 0 aliphatic carbocycles. The number of rotatable bonds is 3. The maximum atomic E-state index is 5.90. The van der Waals surface area contributed by atoms with Crippen molar-refractivity contribution < 1.29 is 0 Å². The van der Waals surface area contributed by atoms with Crippen LogP contribution >= 0.6 is 0 Å². The minimum Gasteiger partial charge on any atom is -0.397 e. The van der Waals surface area contributed by atoms with Crippen LogP contribution in [0.2, 0.25) is 0 Å². The van der Waals surface area contributed by atoms with E-state index >= 15 is 0 Å². The predicted octanol–water partition coefficient (Wildman–Crippen LogP) is 4.74. The fraction of sp³-hybridized carbons (Fsp3) is 0.222. The average molecular weight is 294 g/mol. The van der Waals surface area contributed by atoms with Gasteiger partial charge in [-0.05, 0) is 63.1 Å². The van der Waals surface area contributed by atoms with E-state index < -0.39 is 0 Å². The average Bonchev–Trinajstić information content (AvgIpc) is 2.43.